The number of hydrogen-bond donors (Lipinski definition) is 2. The summed E-state index contributed by atoms with van der Waals surface area (Å²) in [6.07, 6.45) is -5.88. The van der Waals surface area contributed by atoms with Gasteiger partial charge in [0.1, 0.15) is 0 Å². The maximum absolute atomic E-state index is 13.7. The van der Waals surface area contributed by atoms with Crippen LogP contribution in [-0.2, 0) is 16.9 Å². The highest BCUT2D eigenvalue weighted by Gasteiger charge is 2.57. The zero-order valence-corrected chi connectivity index (χ0v) is 14.8. The molecule has 0 fully saturated rings. The zero-order chi connectivity index (χ0) is 21.4. The number of alkyl halides is 3. The van der Waals surface area contributed by atoms with E-state index in [9.17, 15) is 33.2 Å². The third-order valence-electron chi connectivity index (χ3n) is 4.59. The summed E-state index contributed by atoms with van der Waals surface area (Å²) < 4.78 is 42.4. The molecule has 0 aliphatic heterocycles. The molecule has 1 unspecified atom stereocenters. The Hall–Kier alpha value is -3.40. The van der Waals surface area contributed by atoms with Crippen molar-refractivity contribution in [1.29, 1.82) is 0 Å². The molecule has 0 radical (unpaired) electrons. The van der Waals surface area contributed by atoms with Crippen molar-refractivity contribution in [2.45, 2.75) is 24.7 Å². The second-order valence-corrected chi connectivity index (χ2v) is 6.54. The maximum Gasteiger partial charge on any atom is 0.422 e. The van der Waals surface area contributed by atoms with E-state index in [1.165, 1.54) is 4.57 Å². The highest BCUT2D eigenvalue weighted by Crippen LogP contribution is 2.45. The summed E-state index contributed by atoms with van der Waals surface area (Å²) in [6.45, 7) is 0.0690. The first-order chi connectivity index (χ1) is 13.5. The maximum atomic E-state index is 13.7. The van der Waals surface area contributed by atoms with Gasteiger partial charge in [-0.25, -0.2) is 0 Å². The lowest BCUT2D eigenvalue weighted by Crippen LogP contribution is -2.44. The lowest BCUT2D eigenvalue weighted by Gasteiger charge is -2.28. The summed E-state index contributed by atoms with van der Waals surface area (Å²) in [5.74, 6) is -1.84. The number of nitro benzene ring substituents is 1. The molecule has 0 aliphatic carbocycles. The number of carbonyl (C=O) groups is 1. The molecule has 2 aromatic carbocycles. The number of carboxylic acids is 1. The fourth-order valence-electron chi connectivity index (χ4n) is 3.20. The molecule has 0 spiro atoms. The number of non-ortho nitro benzene ring substituents is 1. The number of nitro groups is 1. The molecule has 0 bridgehead atoms. The minimum absolute atomic E-state index is 0.0690. The summed E-state index contributed by atoms with van der Waals surface area (Å²) in [5.41, 5.74) is -3.89. The van der Waals surface area contributed by atoms with Crippen molar-refractivity contribution in [3.8, 4) is 0 Å². The van der Waals surface area contributed by atoms with Gasteiger partial charge in [-0.05, 0) is 11.6 Å². The molecule has 29 heavy (non-hydrogen) atoms. The number of benzene rings is 2. The number of carboxylic acid groups (broad SMARTS) is 1. The molecule has 10 heteroatoms. The molecule has 1 atom stereocenters. The van der Waals surface area contributed by atoms with Gasteiger partial charge in [-0.2, -0.15) is 13.2 Å². The molecular weight excluding hydrogens is 393 g/mol. The number of aromatic nitrogens is 1. The molecule has 0 saturated carbocycles. The van der Waals surface area contributed by atoms with E-state index in [0.717, 1.165) is 24.4 Å². The van der Waals surface area contributed by atoms with Crippen LogP contribution in [0, 0.1) is 10.1 Å². The molecule has 0 saturated heterocycles. The second-order valence-electron chi connectivity index (χ2n) is 6.54. The van der Waals surface area contributed by atoms with Crippen LogP contribution in [0.1, 0.15) is 17.5 Å². The number of nitrogens with zero attached hydrogens (tertiary/aromatic N) is 2. The normalized spacial score (nSPS) is 13.9. The van der Waals surface area contributed by atoms with E-state index in [0.29, 0.717) is 5.56 Å². The van der Waals surface area contributed by atoms with Gasteiger partial charge in [0.2, 0.25) is 0 Å². The summed E-state index contributed by atoms with van der Waals surface area (Å²) in [6, 6.07) is 11.8. The van der Waals surface area contributed by atoms with E-state index in [2.05, 4.69) is 0 Å². The largest absolute Gasteiger partial charge is 0.481 e. The number of hydrogen-bond acceptors (Lipinski definition) is 4. The molecule has 152 valence electrons. The number of rotatable bonds is 6. The third kappa shape index (κ3) is 3.79. The molecule has 0 amide bonds. The van der Waals surface area contributed by atoms with Gasteiger partial charge in [0.25, 0.3) is 5.69 Å². The van der Waals surface area contributed by atoms with Crippen LogP contribution >= 0.6 is 0 Å². The third-order valence-corrected chi connectivity index (χ3v) is 4.59. The summed E-state index contributed by atoms with van der Waals surface area (Å²) >= 11 is 0. The van der Waals surface area contributed by atoms with Crippen LogP contribution in [0.4, 0.5) is 18.9 Å². The van der Waals surface area contributed by atoms with Crippen LogP contribution in [0.5, 0.6) is 0 Å². The van der Waals surface area contributed by atoms with Gasteiger partial charge >= 0.3 is 12.1 Å². The molecule has 1 aromatic heterocycles. The molecule has 2 N–H and O–H groups in total. The Morgan fingerprint density at radius 1 is 1.14 bits per heavy atom. The van der Waals surface area contributed by atoms with Crippen molar-refractivity contribution in [2.75, 3.05) is 0 Å². The average Bonchev–Trinajstić information content (AvgIpc) is 2.99. The van der Waals surface area contributed by atoms with E-state index in [-0.39, 0.29) is 23.1 Å². The van der Waals surface area contributed by atoms with Crippen molar-refractivity contribution in [2.24, 2.45) is 0 Å². The summed E-state index contributed by atoms with van der Waals surface area (Å²) in [5, 5.41) is 30.3. The number of halogens is 3. The zero-order valence-electron chi connectivity index (χ0n) is 14.8. The van der Waals surface area contributed by atoms with Crippen molar-refractivity contribution in [3.63, 3.8) is 0 Å². The fraction of sp³-hybridized carbons (Fsp3) is 0.211. The van der Waals surface area contributed by atoms with Crippen molar-refractivity contribution in [3.05, 3.63) is 76.0 Å². The SMILES string of the molecule is O=C(O)CC(O)(c1cn(Cc2ccccc2)c2cc([N+](=O)[O-])ccc12)C(F)(F)F. The van der Waals surface area contributed by atoms with E-state index in [4.69, 9.17) is 5.11 Å². The van der Waals surface area contributed by atoms with Gasteiger partial charge in [0.15, 0.2) is 5.60 Å². The first-order valence-corrected chi connectivity index (χ1v) is 8.35. The van der Waals surface area contributed by atoms with Crippen LogP contribution < -0.4 is 0 Å². The quantitative estimate of drug-likeness (QED) is 0.476. The van der Waals surface area contributed by atoms with E-state index in [1.807, 2.05) is 0 Å². The fourth-order valence-corrected chi connectivity index (χ4v) is 3.20. The predicted molar refractivity (Wildman–Crippen MR) is 96.3 cm³/mol. The van der Waals surface area contributed by atoms with E-state index in [1.54, 1.807) is 30.3 Å². The molecule has 7 nitrogen and oxygen atoms in total. The van der Waals surface area contributed by atoms with Gasteiger partial charge in [0.05, 0.1) is 16.9 Å². The van der Waals surface area contributed by atoms with Crippen molar-refractivity contribution >= 4 is 22.6 Å². The molecule has 1 heterocycles. The lowest BCUT2D eigenvalue weighted by molar-refractivity contribution is -0.384. The van der Waals surface area contributed by atoms with E-state index >= 15 is 0 Å². The Balaban J connectivity index is 2.27. The predicted octanol–water partition coefficient (Wildman–Crippen LogP) is 3.82. The van der Waals surface area contributed by atoms with Gasteiger partial charge in [-0.15, -0.1) is 0 Å². The van der Waals surface area contributed by atoms with Crippen LogP contribution in [0.2, 0.25) is 0 Å². The Labute approximate surface area is 161 Å². The van der Waals surface area contributed by atoms with Gasteiger partial charge < -0.3 is 14.8 Å². The van der Waals surface area contributed by atoms with Crippen LogP contribution in [0.15, 0.2) is 54.7 Å². The smallest absolute Gasteiger partial charge is 0.422 e. The standard InChI is InChI=1S/C19H15F3N2O5/c20-19(21,22)18(27,9-17(25)26)15-11-23(10-12-4-2-1-3-5-12)16-8-13(24(28)29)6-7-14(15)16/h1-8,11,27H,9-10H2,(H,25,26). The first-order valence-electron chi connectivity index (χ1n) is 8.35. The molecule has 3 aromatic rings. The Morgan fingerprint density at radius 2 is 1.79 bits per heavy atom. The summed E-state index contributed by atoms with van der Waals surface area (Å²) in [7, 11) is 0. The highest BCUT2D eigenvalue weighted by molar-refractivity contribution is 5.88. The number of aliphatic carboxylic acids is 1. The second kappa shape index (κ2) is 7.21. The Bertz CT molecular complexity index is 1080. The minimum atomic E-state index is -5.28. The Kier molecular flexibility index (Phi) is 5.05. The number of fused-ring (bicyclic) bond motifs is 1. The van der Waals surface area contributed by atoms with Crippen molar-refractivity contribution < 1.29 is 33.1 Å². The first kappa shape index (κ1) is 20.3. The molecule has 3 rings (SSSR count). The highest BCUT2D eigenvalue weighted by atomic mass is 19.4. The average molecular weight is 408 g/mol. The Morgan fingerprint density at radius 3 is 2.34 bits per heavy atom. The van der Waals surface area contributed by atoms with Crippen molar-refractivity contribution in [1.82, 2.24) is 4.57 Å². The van der Waals surface area contributed by atoms with Crippen LogP contribution in [-0.4, -0.2) is 31.8 Å². The molecular formula is C19H15F3N2O5. The van der Waals surface area contributed by atoms with Gasteiger partial charge in [-0.3, -0.25) is 14.9 Å². The van der Waals surface area contributed by atoms with Gasteiger partial charge in [0, 0.05) is 35.8 Å². The topological polar surface area (TPSA) is 106 Å². The van der Waals surface area contributed by atoms with Crippen LogP contribution in [0.25, 0.3) is 10.9 Å². The number of aliphatic hydroxyl groups is 1. The summed E-state index contributed by atoms with van der Waals surface area (Å²) in [4.78, 5) is 21.5. The molecule has 0 aliphatic rings. The lowest BCUT2D eigenvalue weighted by atomic mass is 9.89. The monoisotopic (exact) mass is 408 g/mol. The van der Waals surface area contributed by atoms with Crippen LogP contribution in [0.3, 0.4) is 0 Å². The van der Waals surface area contributed by atoms with Gasteiger partial charge in [-0.1, -0.05) is 30.3 Å². The minimum Gasteiger partial charge on any atom is -0.481 e. The van der Waals surface area contributed by atoms with E-state index < -0.39 is 34.7 Å².